The molecule has 0 saturated heterocycles. The van der Waals surface area contributed by atoms with Gasteiger partial charge in [-0.2, -0.15) is 0 Å². The van der Waals surface area contributed by atoms with E-state index in [1.54, 1.807) is 18.2 Å². The van der Waals surface area contributed by atoms with Crippen molar-refractivity contribution in [1.82, 2.24) is 9.47 Å². The van der Waals surface area contributed by atoms with Crippen molar-refractivity contribution in [3.05, 3.63) is 106 Å². The Morgan fingerprint density at radius 2 is 1.77 bits per heavy atom. The number of hydrogen-bond donors (Lipinski definition) is 0. The summed E-state index contributed by atoms with van der Waals surface area (Å²) in [6, 6.07) is 20.4. The molecule has 0 N–H and O–H groups in total. The van der Waals surface area contributed by atoms with Gasteiger partial charge in [0.2, 0.25) is 5.91 Å². The molecule has 3 aromatic rings. The summed E-state index contributed by atoms with van der Waals surface area (Å²) in [5.41, 5.74) is 3.06. The molecule has 0 aliphatic carbocycles. The molecule has 1 heterocycles. The summed E-state index contributed by atoms with van der Waals surface area (Å²) >= 11 is 0. The summed E-state index contributed by atoms with van der Waals surface area (Å²) < 4.78 is 2.16. The fraction of sp³-hybridized carbons (Fsp3) is 0.240. The minimum absolute atomic E-state index is 0.0316. The number of carbonyl (C=O) groups excluding carboxylic acids is 1. The first-order chi connectivity index (χ1) is 14.9. The highest BCUT2D eigenvalue weighted by Gasteiger charge is 2.15. The van der Waals surface area contributed by atoms with Crippen LogP contribution in [0, 0.1) is 16.0 Å². The molecule has 0 aliphatic heterocycles. The number of hydrogen-bond acceptors (Lipinski definition) is 3. The molecule has 2 aromatic carbocycles. The minimum atomic E-state index is -0.437. The second-order valence-corrected chi connectivity index (χ2v) is 7.91. The lowest BCUT2D eigenvalue weighted by Crippen LogP contribution is -2.33. The lowest BCUT2D eigenvalue weighted by Gasteiger charge is -2.24. The number of non-ortho nitro benzene ring substituents is 1. The molecule has 3 rings (SSSR count). The zero-order valence-corrected chi connectivity index (χ0v) is 17.8. The molecule has 31 heavy (non-hydrogen) atoms. The van der Waals surface area contributed by atoms with Gasteiger partial charge >= 0.3 is 0 Å². The van der Waals surface area contributed by atoms with E-state index < -0.39 is 4.92 Å². The minimum Gasteiger partial charge on any atom is -0.345 e. The van der Waals surface area contributed by atoms with Crippen molar-refractivity contribution in [2.75, 3.05) is 6.54 Å². The third kappa shape index (κ3) is 6.40. The standard InChI is InChI=1S/C25H27N3O3/c1-20(2)17-27(25(29)15-12-21-10-13-23(14-11-21)28(30)31)19-24-9-6-16-26(24)18-22-7-4-3-5-8-22/h3-16,20H,17-19H2,1-2H3/b15-12+. The molecule has 0 fully saturated rings. The van der Waals surface area contributed by atoms with Gasteiger partial charge in [0.1, 0.15) is 0 Å². The Balaban J connectivity index is 1.72. The van der Waals surface area contributed by atoms with E-state index in [2.05, 4.69) is 30.5 Å². The molecular formula is C25H27N3O3. The predicted molar refractivity (Wildman–Crippen MR) is 122 cm³/mol. The second kappa shape index (κ2) is 10.4. The van der Waals surface area contributed by atoms with Crippen LogP contribution in [0.1, 0.15) is 30.7 Å². The van der Waals surface area contributed by atoms with E-state index in [1.807, 2.05) is 41.4 Å². The molecule has 0 aliphatic rings. The molecule has 0 unspecified atom stereocenters. The smallest absolute Gasteiger partial charge is 0.269 e. The van der Waals surface area contributed by atoms with Crippen LogP contribution in [0.2, 0.25) is 0 Å². The molecule has 0 radical (unpaired) electrons. The molecule has 0 atom stereocenters. The Labute approximate surface area is 182 Å². The maximum Gasteiger partial charge on any atom is 0.269 e. The van der Waals surface area contributed by atoms with Gasteiger partial charge in [0.05, 0.1) is 11.5 Å². The van der Waals surface area contributed by atoms with Crippen LogP contribution in [0.5, 0.6) is 0 Å². The van der Waals surface area contributed by atoms with E-state index >= 15 is 0 Å². The van der Waals surface area contributed by atoms with Crippen molar-refractivity contribution in [2.24, 2.45) is 5.92 Å². The van der Waals surface area contributed by atoms with Gasteiger partial charge in [-0.15, -0.1) is 0 Å². The summed E-state index contributed by atoms with van der Waals surface area (Å²) in [6.07, 6.45) is 5.27. The molecule has 0 bridgehead atoms. The second-order valence-electron chi connectivity index (χ2n) is 7.91. The van der Waals surface area contributed by atoms with Crippen LogP contribution in [0.15, 0.2) is 79.0 Å². The SMILES string of the molecule is CC(C)CN(Cc1cccn1Cc1ccccc1)C(=O)/C=C/c1ccc([N+](=O)[O-])cc1. The van der Waals surface area contributed by atoms with Crippen molar-refractivity contribution in [2.45, 2.75) is 26.9 Å². The van der Waals surface area contributed by atoms with Gasteiger partial charge in [-0.1, -0.05) is 44.2 Å². The summed E-state index contributed by atoms with van der Waals surface area (Å²) in [4.78, 5) is 25.1. The van der Waals surface area contributed by atoms with Gasteiger partial charge in [0.25, 0.3) is 5.69 Å². The highest BCUT2D eigenvalue weighted by Crippen LogP contribution is 2.15. The van der Waals surface area contributed by atoms with Crippen LogP contribution >= 0.6 is 0 Å². The average molecular weight is 418 g/mol. The number of benzene rings is 2. The molecule has 0 spiro atoms. The third-order valence-electron chi connectivity index (χ3n) is 4.89. The quantitative estimate of drug-likeness (QED) is 0.275. The largest absolute Gasteiger partial charge is 0.345 e. The molecule has 1 amide bonds. The Morgan fingerprint density at radius 1 is 1.06 bits per heavy atom. The first kappa shape index (κ1) is 22.0. The van der Waals surface area contributed by atoms with E-state index in [1.165, 1.54) is 23.8 Å². The normalized spacial score (nSPS) is 11.2. The predicted octanol–water partition coefficient (Wildman–Crippen LogP) is 5.14. The van der Waals surface area contributed by atoms with Crippen LogP contribution in [0.4, 0.5) is 5.69 Å². The number of rotatable bonds is 9. The summed E-state index contributed by atoms with van der Waals surface area (Å²) in [5, 5.41) is 10.8. The Morgan fingerprint density at radius 3 is 2.42 bits per heavy atom. The van der Waals surface area contributed by atoms with Gasteiger partial charge in [-0.3, -0.25) is 14.9 Å². The molecule has 6 heteroatoms. The molecule has 0 saturated carbocycles. The van der Waals surface area contributed by atoms with E-state index in [0.717, 1.165) is 17.8 Å². The Bertz CT molecular complexity index is 1040. The van der Waals surface area contributed by atoms with Crippen LogP contribution in [0.25, 0.3) is 6.08 Å². The molecular weight excluding hydrogens is 390 g/mol. The van der Waals surface area contributed by atoms with Gasteiger partial charge < -0.3 is 9.47 Å². The zero-order chi connectivity index (χ0) is 22.2. The first-order valence-electron chi connectivity index (χ1n) is 10.3. The maximum atomic E-state index is 12.9. The zero-order valence-electron chi connectivity index (χ0n) is 17.8. The van der Waals surface area contributed by atoms with Crippen molar-refractivity contribution < 1.29 is 9.72 Å². The monoisotopic (exact) mass is 417 g/mol. The fourth-order valence-electron chi connectivity index (χ4n) is 3.38. The number of aromatic nitrogens is 1. The van der Waals surface area contributed by atoms with Crippen molar-refractivity contribution in [3.8, 4) is 0 Å². The van der Waals surface area contributed by atoms with Gasteiger partial charge in [0.15, 0.2) is 0 Å². The lowest BCUT2D eigenvalue weighted by atomic mass is 10.1. The molecule has 160 valence electrons. The van der Waals surface area contributed by atoms with Gasteiger partial charge in [-0.25, -0.2) is 0 Å². The van der Waals surface area contributed by atoms with Crippen LogP contribution < -0.4 is 0 Å². The van der Waals surface area contributed by atoms with Crippen molar-refractivity contribution in [3.63, 3.8) is 0 Å². The van der Waals surface area contributed by atoms with Crippen LogP contribution in [0.3, 0.4) is 0 Å². The first-order valence-corrected chi connectivity index (χ1v) is 10.3. The fourth-order valence-corrected chi connectivity index (χ4v) is 3.38. The number of amides is 1. The summed E-state index contributed by atoms with van der Waals surface area (Å²) in [5.74, 6) is 0.244. The van der Waals surface area contributed by atoms with Crippen molar-refractivity contribution in [1.29, 1.82) is 0 Å². The third-order valence-corrected chi connectivity index (χ3v) is 4.89. The Hall–Kier alpha value is -3.67. The molecule has 1 aromatic heterocycles. The summed E-state index contributed by atoms with van der Waals surface area (Å²) in [6.45, 7) is 6.08. The number of nitrogens with zero attached hydrogens (tertiary/aromatic N) is 3. The van der Waals surface area contributed by atoms with Gasteiger partial charge in [-0.05, 0) is 47.4 Å². The number of nitro benzene ring substituents is 1. The number of nitro groups is 1. The molecule has 6 nitrogen and oxygen atoms in total. The topological polar surface area (TPSA) is 68.4 Å². The highest BCUT2D eigenvalue weighted by atomic mass is 16.6. The summed E-state index contributed by atoms with van der Waals surface area (Å²) in [7, 11) is 0. The average Bonchev–Trinajstić information content (AvgIpc) is 3.18. The van der Waals surface area contributed by atoms with E-state index in [0.29, 0.717) is 19.0 Å². The maximum absolute atomic E-state index is 12.9. The van der Waals surface area contributed by atoms with Crippen LogP contribution in [-0.4, -0.2) is 26.8 Å². The van der Waals surface area contributed by atoms with E-state index in [4.69, 9.17) is 0 Å². The number of carbonyl (C=O) groups is 1. The Kier molecular flexibility index (Phi) is 7.38. The lowest BCUT2D eigenvalue weighted by molar-refractivity contribution is -0.384. The van der Waals surface area contributed by atoms with E-state index in [9.17, 15) is 14.9 Å². The van der Waals surface area contributed by atoms with E-state index in [-0.39, 0.29) is 11.6 Å². The van der Waals surface area contributed by atoms with Crippen molar-refractivity contribution >= 4 is 17.7 Å². The highest BCUT2D eigenvalue weighted by molar-refractivity contribution is 5.91. The van der Waals surface area contributed by atoms with Crippen LogP contribution in [-0.2, 0) is 17.9 Å². The van der Waals surface area contributed by atoms with Gasteiger partial charge in [0, 0.05) is 43.2 Å².